The van der Waals surface area contributed by atoms with Crippen LogP contribution < -0.4 is 0 Å². The van der Waals surface area contributed by atoms with Gasteiger partial charge in [0.15, 0.2) is 0 Å². The largest absolute Gasteiger partial charge is 0.294 e. The summed E-state index contributed by atoms with van der Waals surface area (Å²) >= 11 is 6.08. The summed E-state index contributed by atoms with van der Waals surface area (Å²) in [5, 5.41) is 8.35. The van der Waals surface area contributed by atoms with E-state index >= 15 is 0 Å². The first-order valence-corrected chi connectivity index (χ1v) is 6.41. The number of aromatic nitrogens is 3. The quantitative estimate of drug-likeness (QED) is 0.850. The van der Waals surface area contributed by atoms with E-state index in [4.69, 9.17) is 11.6 Å². The first-order chi connectivity index (χ1) is 8.68. The molecule has 3 nitrogen and oxygen atoms in total. The maximum Gasteiger partial charge on any atom is 0.225 e. The van der Waals surface area contributed by atoms with Crippen LogP contribution in [0.2, 0.25) is 5.28 Å². The summed E-state index contributed by atoms with van der Waals surface area (Å²) in [4.78, 5) is 0. The van der Waals surface area contributed by atoms with E-state index in [1.807, 2.05) is 17.6 Å². The highest BCUT2D eigenvalue weighted by molar-refractivity contribution is 6.28. The Hall–Kier alpha value is -1.42. The molecule has 0 spiro atoms. The average molecular weight is 266 g/mol. The van der Waals surface area contributed by atoms with Crippen LogP contribution in [-0.4, -0.2) is 14.8 Å². The van der Waals surface area contributed by atoms with Crippen molar-refractivity contribution in [1.82, 2.24) is 14.8 Å². The molecule has 1 aliphatic carbocycles. The molecule has 18 heavy (non-hydrogen) atoms. The highest BCUT2D eigenvalue weighted by atomic mass is 35.5. The van der Waals surface area contributed by atoms with Gasteiger partial charge in [0.1, 0.15) is 11.6 Å². The van der Waals surface area contributed by atoms with Crippen LogP contribution in [0.3, 0.4) is 0 Å². The van der Waals surface area contributed by atoms with E-state index in [9.17, 15) is 4.39 Å². The van der Waals surface area contributed by atoms with Crippen LogP contribution in [0.1, 0.15) is 43.1 Å². The smallest absolute Gasteiger partial charge is 0.225 e. The lowest BCUT2D eigenvalue weighted by atomic mass is 10.1. The summed E-state index contributed by atoms with van der Waals surface area (Å²) in [6.45, 7) is 1.92. The minimum Gasteiger partial charge on any atom is -0.294 e. The van der Waals surface area contributed by atoms with Crippen molar-refractivity contribution in [2.24, 2.45) is 0 Å². The molecule has 0 aliphatic heterocycles. The lowest BCUT2D eigenvalue weighted by Crippen LogP contribution is -2.12. The van der Waals surface area contributed by atoms with Crippen molar-refractivity contribution < 1.29 is 4.39 Å². The highest BCUT2D eigenvalue weighted by Gasteiger charge is 2.32. The molecule has 1 aromatic carbocycles. The predicted octanol–water partition coefficient (Wildman–Crippen LogP) is 3.56. The Labute approximate surface area is 110 Å². The van der Waals surface area contributed by atoms with Gasteiger partial charge in [0.25, 0.3) is 0 Å². The second kappa shape index (κ2) is 4.35. The number of hydrogen-bond acceptors (Lipinski definition) is 2. The molecule has 2 aromatic rings. The van der Waals surface area contributed by atoms with Gasteiger partial charge in [-0.25, -0.2) is 4.39 Å². The molecule has 3 rings (SSSR count). The number of nitrogens with zero attached hydrogens (tertiary/aromatic N) is 3. The van der Waals surface area contributed by atoms with Gasteiger partial charge in [-0.2, -0.15) is 0 Å². The highest BCUT2D eigenvalue weighted by Crippen LogP contribution is 2.41. The van der Waals surface area contributed by atoms with Gasteiger partial charge in [-0.05, 0) is 37.4 Å². The van der Waals surface area contributed by atoms with E-state index in [0.717, 1.165) is 18.7 Å². The number of hydrogen-bond donors (Lipinski definition) is 0. The molecule has 0 bridgehead atoms. The Morgan fingerprint density at radius 1 is 1.33 bits per heavy atom. The molecule has 0 radical (unpaired) electrons. The first kappa shape index (κ1) is 11.7. The molecule has 94 valence electrons. The van der Waals surface area contributed by atoms with E-state index in [-0.39, 0.29) is 11.9 Å². The zero-order chi connectivity index (χ0) is 12.7. The molecular weight excluding hydrogens is 253 g/mol. The maximum atomic E-state index is 13.8. The Morgan fingerprint density at radius 3 is 2.72 bits per heavy atom. The Kier molecular flexibility index (Phi) is 2.82. The van der Waals surface area contributed by atoms with Crippen LogP contribution in [0.5, 0.6) is 0 Å². The summed E-state index contributed by atoms with van der Waals surface area (Å²) < 4.78 is 15.6. The molecule has 1 fully saturated rings. The van der Waals surface area contributed by atoms with E-state index in [1.54, 1.807) is 12.1 Å². The molecule has 1 unspecified atom stereocenters. The summed E-state index contributed by atoms with van der Waals surface area (Å²) in [5.74, 6) is 1.08. The molecule has 1 aliphatic rings. The predicted molar refractivity (Wildman–Crippen MR) is 67.2 cm³/mol. The van der Waals surface area contributed by atoms with Gasteiger partial charge in [-0.3, -0.25) is 4.57 Å². The number of benzene rings is 1. The van der Waals surface area contributed by atoms with Crippen LogP contribution >= 0.6 is 11.6 Å². The van der Waals surface area contributed by atoms with Gasteiger partial charge in [-0.15, -0.1) is 10.2 Å². The van der Waals surface area contributed by atoms with Crippen molar-refractivity contribution in [3.63, 3.8) is 0 Å². The zero-order valence-electron chi connectivity index (χ0n) is 9.98. The Balaban J connectivity index is 2.04. The molecule has 0 amide bonds. The van der Waals surface area contributed by atoms with Crippen LogP contribution in [0.25, 0.3) is 0 Å². The van der Waals surface area contributed by atoms with E-state index in [0.29, 0.717) is 16.8 Å². The van der Waals surface area contributed by atoms with Gasteiger partial charge in [0.2, 0.25) is 5.28 Å². The van der Waals surface area contributed by atoms with Crippen LogP contribution in [0.4, 0.5) is 4.39 Å². The van der Waals surface area contributed by atoms with E-state index in [2.05, 4.69) is 10.2 Å². The average Bonchev–Trinajstić information content (AvgIpc) is 3.13. The third-order valence-electron chi connectivity index (χ3n) is 3.37. The van der Waals surface area contributed by atoms with Gasteiger partial charge in [0, 0.05) is 11.5 Å². The fourth-order valence-electron chi connectivity index (χ4n) is 2.21. The normalized spacial score (nSPS) is 16.8. The van der Waals surface area contributed by atoms with Gasteiger partial charge in [-0.1, -0.05) is 18.2 Å². The van der Waals surface area contributed by atoms with Crippen molar-refractivity contribution in [3.05, 3.63) is 46.8 Å². The topological polar surface area (TPSA) is 30.7 Å². The van der Waals surface area contributed by atoms with Gasteiger partial charge in [0.05, 0.1) is 6.04 Å². The fourth-order valence-corrected chi connectivity index (χ4v) is 2.49. The number of halogens is 2. The molecular formula is C13H13ClFN3. The first-order valence-electron chi connectivity index (χ1n) is 6.03. The Bertz CT molecular complexity index is 577. The van der Waals surface area contributed by atoms with Gasteiger partial charge >= 0.3 is 0 Å². The standard InChI is InChI=1S/C13H13ClFN3/c1-8(10-4-2-3-5-11(10)15)18-12(9-6-7-9)16-17-13(18)14/h2-5,8-9H,6-7H2,1H3. The van der Waals surface area contributed by atoms with Crippen LogP contribution in [-0.2, 0) is 0 Å². The molecule has 0 N–H and O–H groups in total. The lowest BCUT2D eigenvalue weighted by Gasteiger charge is -2.17. The molecule has 1 heterocycles. The summed E-state index contributed by atoms with van der Waals surface area (Å²) in [7, 11) is 0. The molecule has 1 aromatic heterocycles. The lowest BCUT2D eigenvalue weighted by molar-refractivity contribution is 0.543. The fraction of sp³-hybridized carbons (Fsp3) is 0.385. The van der Waals surface area contributed by atoms with Crippen molar-refractivity contribution in [3.8, 4) is 0 Å². The summed E-state index contributed by atoms with van der Waals surface area (Å²) in [6, 6.07) is 6.54. The third kappa shape index (κ3) is 1.90. The monoisotopic (exact) mass is 265 g/mol. The van der Waals surface area contributed by atoms with Crippen molar-refractivity contribution in [2.45, 2.75) is 31.7 Å². The van der Waals surface area contributed by atoms with E-state index in [1.165, 1.54) is 6.07 Å². The minimum absolute atomic E-state index is 0.190. The van der Waals surface area contributed by atoms with Gasteiger partial charge < -0.3 is 0 Å². The second-order valence-electron chi connectivity index (χ2n) is 4.67. The third-order valence-corrected chi connectivity index (χ3v) is 3.62. The second-order valence-corrected chi connectivity index (χ2v) is 5.01. The zero-order valence-corrected chi connectivity index (χ0v) is 10.7. The minimum atomic E-state index is -0.225. The summed E-state index contributed by atoms with van der Waals surface area (Å²) in [6.07, 6.45) is 2.22. The van der Waals surface area contributed by atoms with E-state index < -0.39 is 0 Å². The van der Waals surface area contributed by atoms with Crippen molar-refractivity contribution in [1.29, 1.82) is 0 Å². The van der Waals surface area contributed by atoms with Crippen molar-refractivity contribution in [2.75, 3.05) is 0 Å². The molecule has 0 saturated heterocycles. The Morgan fingerprint density at radius 2 is 2.06 bits per heavy atom. The molecule has 1 saturated carbocycles. The van der Waals surface area contributed by atoms with Crippen LogP contribution in [0.15, 0.2) is 24.3 Å². The van der Waals surface area contributed by atoms with Crippen LogP contribution in [0, 0.1) is 5.82 Å². The SMILES string of the molecule is CC(c1ccccc1F)n1c(Cl)nnc1C1CC1. The number of rotatable bonds is 3. The molecule has 5 heteroatoms. The van der Waals surface area contributed by atoms with Crippen molar-refractivity contribution >= 4 is 11.6 Å². The maximum absolute atomic E-state index is 13.8. The summed E-state index contributed by atoms with van der Waals surface area (Å²) in [5.41, 5.74) is 0.612. The molecule has 1 atom stereocenters.